The summed E-state index contributed by atoms with van der Waals surface area (Å²) in [5.74, 6) is 4.97. The molecule has 6 heteroatoms. The van der Waals surface area contributed by atoms with Gasteiger partial charge in [-0.2, -0.15) is 4.98 Å². The van der Waals surface area contributed by atoms with Gasteiger partial charge in [0.2, 0.25) is 5.88 Å². The van der Waals surface area contributed by atoms with Gasteiger partial charge >= 0.3 is 0 Å². The van der Waals surface area contributed by atoms with E-state index in [-0.39, 0.29) is 0 Å². The molecule has 3 rings (SSSR count). The number of aromatic nitrogens is 3. The second-order valence-corrected chi connectivity index (χ2v) is 16.5. The number of ether oxygens (including phenoxy) is 1. The third-order valence-corrected chi connectivity index (χ3v) is 14.2. The van der Waals surface area contributed by atoms with Crippen LogP contribution >= 0.6 is 11.8 Å². The van der Waals surface area contributed by atoms with Gasteiger partial charge in [0.1, 0.15) is 8.07 Å². The molecule has 1 aliphatic rings. The van der Waals surface area contributed by atoms with Crippen LogP contribution in [0.5, 0.6) is 5.88 Å². The van der Waals surface area contributed by atoms with Crippen molar-refractivity contribution >= 4 is 30.9 Å². The van der Waals surface area contributed by atoms with Gasteiger partial charge in [0.05, 0.1) is 12.0 Å². The fraction of sp³-hybridized carbons (Fsp3) is 0.654. The SMILES string of the molecule is CSc1ncc2c(C#C[Si](C(C)C)(C(C)C)C(C)C)c(C)c(OCC3CCCC3)nc2n1. The van der Waals surface area contributed by atoms with E-state index in [0.717, 1.165) is 28.3 Å². The molecule has 0 radical (unpaired) electrons. The minimum Gasteiger partial charge on any atom is -0.477 e. The predicted molar refractivity (Wildman–Crippen MR) is 139 cm³/mol. The van der Waals surface area contributed by atoms with E-state index < -0.39 is 8.07 Å². The molecular formula is C26H39N3OSSi. The summed E-state index contributed by atoms with van der Waals surface area (Å²) in [6.45, 7) is 16.9. The molecule has 1 saturated carbocycles. The number of rotatable bonds is 7. The van der Waals surface area contributed by atoms with E-state index in [1.165, 1.54) is 37.4 Å². The predicted octanol–water partition coefficient (Wildman–Crippen LogP) is 7.19. The lowest BCUT2D eigenvalue weighted by molar-refractivity contribution is 0.242. The molecule has 32 heavy (non-hydrogen) atoms. The summed E-state index contributed by atoms with van der Waals surface area (Å²) in [5, 5.41) is 1.66. The Balaban J connectivity index is 2.14. The zero-order chi connectivity index (χ0) is 23.5. The van der Waals surface area contributed by atoms with Crippen molar-refractivity contribution in [2.75, 3.05) is 12.9 Å². The Kier molecular flexibility index (Phi) is 8.27. The summed E-state index contributed by atoms with van der Waals surface area (Å²) in [4.78, 5) is 14.0. The molecule has 1 aliphatic carbocycles. The lowest BCUT2D eigenvalue weighted by atomic mass is 10.1. The molecule has 0 amide bonds. The topological polar surface area (TPSA) is 47.9 Å². The normalized spacial score (nSPS) is 15.1. The molecule has 0 atom stereocenters. The van der Waals surface area contributed by atoms with Crippen molar-refractivity contribution in [3.05, 3.63) is 17.3 Å². The Morgan fingerprint density at radius 3 is 2.25 bits per heavy atom. The van der Waals surface area contributed by atoms with Crippen LogP contribution in [0.2, 0.25) is 16.6 Å². The van der Waals surface area contributed by atoms with Gasteiger partial charge in [-0.3, -0.25) is 0 Å². The van der Waals surface area contributed by atoms with Gasteiger partial charge in [0.15, 0.2) is 10.8 Å². The Morgan fingerprint density at radius 1 is 1.06 bits per heavy atom. The van der Waals surface area contributed by atoms with E-state index >= 15 is 0 Å². The van der Waals surface area contributed by atoms with Gasteiger partial charge in [-0.05, 0) is 48.6 Å². The summed E-state index contributed by atoms with van der Waals surface area (Å²) in [6, 6.07) is 0. The van der Waals surface area contributed by atoms with Crippen LogP contribution in [0, 0.1) is 24.3 Å². The fourth-order valence-electron chi connectivity index (χ4n) is 5.49. The number of hydrogen-bond acceptors (Lipinski definition) is 5. The molecule has 0 bridgehead atoms. The van der Waals surface area contributed by atoms with Crippen LogP contribution in [0.1, 0.15) is 78.4 Å². The van der Waals surface area contributed by atoms with Crippen molar-refractivity contribution in [1.82, 2.24) is 15.0 Å². The number of hydrogen-bond donors (Lipinski definition) is 0. The highest BCUT2D eigenvalue weighted by atomic mass is 32.2. The molecule has 0 saturated heterocycles. The fourth-order valence-corrected chi connectivity index (χ4v) is 11.0. The van der Waals surface area contributed by atoms with Gasteiger partial charge in [0, 0.05) is 17.3 Å². The Hall–Kier alpha value is -1.58. The van der Waals surface area contributed by atoms with Gasteiger partial charge in [-0.25, -0.2) is 9.97 Å². The zero-order valence-corrected chi connectivity index (χ0v) is 22.9. The second kappa shape index (κ2) is 10.6. The molecule has 0 N–H and O–H groups in total. The summed E-state index contributed by atoms with van der Waals surface area (Å²) in [5.41, 5.74) is 8.32. The smallest absolute Gasteiger partial charge is 0.219 e. The highest BCUT2D eigenvalue weighted by molar-refractivity contribution is 7.98. The summed E-state index contributed by atoms with van der Waals surface area (Å²) >= 11 is 1.53. The molecule has 1 fully saturated rings. The van der Waals surface area contributed by atoms with Crippen LogP contribution in [-0.2, 0) is 0 Å². The molecule has 2 aromatic rings. The largest absolute Gasteiger partial charge is 0.477 e. The van der Waals surface area contributed by atoms with Crippen molar-refractivity contribution in [3.8, 4) is 17.3 Å². The second-order valence-electron chi connectivity index (χ2n) is 10.1. The average molecular weight is 470 g/mol. The third kappa shape index (κ3) is 4.99. The van der Waals surface area contributed by atoms with Gasteiger partial charge in [0.25, 0.3) is 0 Å². The highest BCUT2D eigenvalue weighted by Gasteiger charge is 2.41. The molecule has 2 aromatic heterocycles. The Bertz CT molecular complexity index is 982. The maximum atomic E-state index is 6.28. The molecule has 0 aliphatic heterocycles. The molecule has 0 aromatic carbocycles. The van der Waals surface area contributed by atoms with Crippen molar-refractivity contribution in [2.24, 2.45) is 5.92 Å². The molecule has 2 heterocycles. The van der Waals surface area contributed by atoms with Crippen LogP contribution in [0.25, 0.3) is 11.0 Å². The number of thioether (sulfide) groups is 1. The van der Waals surface area contributed by atoms with Gasteiger partial charge in [-0.15, -0.1) is 5.54 Å². The van der Waals surface area contributed by atoms with Crippen LogP contribution in [0.3, 0.4) is 0 Å². The minimum absolute atomic E-state index is 0.584. The Morgan fingerprint density at radius 2 is 1.69 bits per heavy atom. The molecular weight excluding hydrogens is 430 g/mol. The summed E-state index contributed by atoms with van der Waals surface area (Å²) in [6.07, 6.45) is 9.01. The quantitative estimate of drug-likeness (QED) is 0.186. The van der Waals surface area contributed by atoms with Crippen molar-refractivity contribution in [2.45, 2.75) is 95.9 Å². The van der Waals surface area contributed by atoms with Crippen molar-refractivity contribution in [3.63, 3.8) is 0 Å². The monoisotopic (exact) mass is 469 g/mol. The standard InChI is InChI=1S/C26H39N3OSSi/c1-17(2)32(18(3)4,19(5)6)14-13-22-20(7)25(30-16-21-11-9-10-12-21)28-24-23(22)15-27-26(29-24)31-8/h15,17-19,21H,9-12,16H2,1-8H3. The first kappa shape index (κ1) is 25.0. The van der Waals surface area contributed by atoms with E-state index in [9.17, 15) is 0 Å². The lowest BCUT2D eigenvalue weighted by Crippen LogP contribution is -2.43. The van der Waals surface area contributed by atoms with Crippen LogP contribution in [-0.4, -0.2) is 35.9 Å². The number of fused-ring (bicyclic) bond motifs is 1. The molecule has 174 valence electrons. The number of nitrogens with zero attached hydrogens (tertiary/aromatic N) is 3. The van der Waals surface area contributed by atoms with E-state index in [0.29, 0.717) is 34.1 Å². The van der Waals surface area contributed by atoms with E-state index in [4.69, 9.17) is 9.72 Å². The van der Waals surface area contributed by atoms with Crippen LogP contribution in [0.4, 0.5) is 0 Å². The first-order valence-corrected chi connectivity index (χ1v) is 15.5. The first-order chi connectivity index (χ1) is 15.2. The van der Waals surface area contributed by atoms with Gasteiger partial charge in [-0.1, -0.05) is 72.1 Å². The minimum atomic E-state index is -1.86. The average Bonchev–Trinajstić information content (AvgIpc) is 3.26. The van der Waals surface area contributed by atoms with E-state index in [1.807, 2.05) is 12.5 Å². The first-order valence-electron chi connectivity index (χ1n) is 12.1. The summed E-state index contributed by atoms with van der Waals surface area (Å²) in [7, 11) is -1.86. The van der Waals surface area contributed by atoms with Crippen molar-refractivity contribution in [1.29, 1.82) is 0 Å². The van der Waals surface area contributed by atoms with E-state index in [2.05, 4.69) is 69.9 Å². The van der Waals surface area contributed by atoms with Gasteiger partial charge < -0.3 is 4.74 Å². The van der Waals surface area contributed by atoms with Crippen molar-refractivity contribution < 1.29 is 4.74 Å². The summed E-state index contributed by atoms with van der Waals surface area (Å²) < 4.78 is 6.28. The highest BCUT2D eigenvalue weighted by Crippen LogP contribution is 2.41. The molecule has 0 spiro atoms. The van der Waals surface area contributed by atoms with Crippen LogP contribution in [0.15, 0.2) is 11.4 Å². The maximum absolute atomic E-state index is 6.28. The zero-order valence-electron chi connectivity index (χ0n) is 21.1. The maximum Gasteiger partial charge on any atom is 0.219 e. The number of pyridine rings is 1. The third-order valence-electron chi connectivity index (χ3n) is 7.30. The molecule has 4 nitrogen and oxygen atoms in total. The Labute approximate surface area is 199 Å². The van der Waals surface area contributed by atoms with E-state index in [1.54, 1.807) is 0 Å². The molecule has 0 unspecified atom stereocenters. The lowest BCUT2D eigenvalue weighted by Gasteiger charge is -2.38. The van der Waals surface area contributed by atoms with Crippen LogP contribution < -0.4 is 4.74 Å².